The van der Waals surface area contributed by atoms with E-state index in [1.165, 1.54) is 14.0 Å². The van der Waals surface area contributed by atoms with Gasteiger partial charge in [0.1, 0.15) is 0 Å². The van der Waals surface area contributed by atoms with Gasteiger partial charge in [-0.05, 0) is 12.1 Å². The highest BCUT2D eigenvalue weighted by atomic mass is 32.2. The minimum Gasteiger partial charge on any atom is -0.315 e. The van der Waals surface area contributed by atoms with Gasteiger partial charge in [0.05, 0.1) is 7.05 Å². The first-order valence-electron chi connectivity index (χ1n) is 4.35. The second-order valence-electron chi connectivity index (χ2n) is 3.13. The summed E-state index contributed by atoms with van der Waals surface area (Å²) in [4.78, 5) is 14.1. The summed E-state index contributed by atoms with van der Waals surface area (Å²) >= 11 is 0.603. The van der Waals surface area contributed by atoms with E-state index >= 15 is 0 Å². The van der Waals surface area contributed by atoms with Crippen molar-refractivity contribution >= 4 is 27.3 Å². The van der Waals surface area contributed by atoms with Gasteiger partial charge in [-0.25, -0.2) is 13.1 Å². The summed E-state index contributed by atoms with van der Waals surface area (Å²) in [7, 11) is -2.35. The number of nitrogens with zero attached hydrogens (tertiary/aromatic N) is 4. The summed E-state index contributed by atoms with van der Waals surface area (Å²) in [6.07, 6.45) is 0. The van der Waals surface area contributed by atoms with Gasteiger partial charge in [-0.15, -0.1) is 5.10 Å². The molecule has 11 heteroatoms. The Labute approximate surface area is 99.5 Å². The third kappa shape index (κ3) is 2.34. The van der Waals surface area contributed by atoms with Crippen molar-refractivity contribution < 1.29 is 8.42 Å². The molecule has 2 N–H and O–H groups in total. The van der Waals surface area contributed by atoms with Gasteiger partial charge in [-0.2, -0.15) is 4.80 Å². The van der Waals surface area contributed by atoms with Crippen LogP contribution in [0.1, 0.15) is 5.69 Å². The molecule has 0 fully saturated rings. The van der Waals surface area contributed by atoms with Gasteiger partial charge in [0.2, 0.25) is 0 Å². The van der Waals surface area contributed by atoms with Crippen molar-refractivity contribution in [1.82, 2.24) is 25.2 Å². The smallest absolute Gasteiger partial charge is 0.306 e. The molecule has 0 saturated carbocycles. The lowest BCUT2D eigenvalue weighted by Gasteiger charge is -2.01. The number of nitrogens with one attached hydrogen (secondary N) is 2. The second-order valence-corrected chi connectivity index (χ2v) is 6.00. The van der Waals surface area contributed by atoms with Gasteiger partial charge < -0.3 is 4.98 Å². The maximum Gasteiger partial charge on any atom is 0.306 e. The molecule has 0 aromatic carbocycles. The molecule has 17 heavy (non-hydrogen) atoms. The summed E-state index contributed by atoms with van der Waals surface area (Å²) in [5, 5.41) is 10.7. The first-order chi connectivity index (χ1) is 7.88. The van der Waals surface area contributed by atoms with Crippen LogP contribution in [0.5, 0.6) is 0 Å². The standard InChI is InChI=1S/C6H8N6O3S2/c1-3-4(16-6(13)7-3)17(14,15)10-5-8-11-12(2)9-5/h1-2H3,(H,7,13)(H,9,10). The topological polar surface area (TPSA) is 123 Å². The lowest BCUT2D eigenvalue weighted by molar-refractivity contribution is 0.602. The molecule has 0 aliphatic heterocycles. The molecule has 0 atom stereocenters. The lowest BCUT2D eigenvalue weighted by Crippen LogP contribution is -2.14. The van der Waals surface area contributed by atoms with Crippen LogP contribution in [0.25, 0.3) is 0 Å². The molecule has 0 radical (unpaired) electrons. The van der Waals surface area contributed by atoms with Crippen molar-refractivity contribution in [2.75, 3.05) is 4.72 Å². The molecule has 0 amide bonds. The Morgan fingerprint density at radius 1 is 1.47 bits per heavy atom. The molecule has 2 aromatic heterocycles. The summed E-state index contributed by atoms with van der Waals surface area (Å²) in [5.74, 6) is -0.146. The van der Waals surface area contributed by atoms with Crippen molar-refractivity contribution in [2.45, 2.75) is 11.1 Å². The first kappa shape index (κ1) is 11.7. The van der Waals surface area contributed by atoms with Crippen LogP contribution in [0, 0.1) is 6.92 Å². The number of H-pyrrole nitrogens is 1. The number of hydrogen-bond donors (Lipinski definition) is 2. The fourth-order valence-electron chi connectivity index (χ4n) is 1.14. The van der Waals surface area contributed by atoms with Gasteiger partial charge >= 0.3 is 4.87 Å². The third-order valence-corrected chi connectivity index (χ3v) is 4.69. The van der Waals surface area contributed by atoms with Crippen LogP contribution in [-0.4, -0.2) is 33.6 Å². The Morgan fingerprint density at radius 3 is 2.65 bits per heavy atom. The Kier molecular flexibility index (Phi) is 2.71. The molecule has 9 nitrogen and oxygen atoms in total. The minimum atomic E-state index is -3.85. The van der Waals surface area contributed by atoms with E-state index in [0.29, 0.717) is 11.3 Å². The van der Waals surface area contributed by atoms with Gasteiger partial charge in [0.25, 0.3) is 16.0 Å². The van der Waals surface area contributed by atoms with Gasteiger partial charge in [0.15, 0.2) is 4.21 Å². The third-order valence-electron chi connectivity index (χ3n) is 1.76. The van der Waals surface area contributed by atoms with Crippen LogP contribution < -0.4 is 9.60 Å². The van der Waals surface area contributed by atoms with Gasteiger partial charge in [-0.1, -0.05) is 16.4 Å². The highest BCUT2D eigenvalue weighted by Gasteiger charge is 2.22. The van der Waals surface area contributed by atoms with Gasteiger partial charge in [0, 0.05) is 5.69 Å². The average molecular weight is 276 g/mol. The molecule has 92 valence electrons. The summed E-state index contributed by atoms with van der Waals surface area (Å²) < 4.78 is 25.8. The predicted molar refractivity (Wildman–Crippen MR) is 59.3 cm³/mol. The Morgan fingerprint density at radius 2 is 2.18 bits per heavy atom. The van der Waals surface area contributed by atoms with Crippen LogP contribution >= 0.6 is 11.3 Å². The molecule has 0 unspecified atom stereocenters. The molecule has 0 saturated heterocycles. The number of sulfonamides is 1. The van der Waals surface area contributed by atoms with Gasteiger partial charge in [-0.3, -0.25) is 4.79 Å². The van der Waals surface area contributed by atoms with Crippen molar-refractivity contribution in [3.05, 3.63) is 15.4 Å². The SMILES string of the molecule is Cc1[nH]c(=O)sc1S(=O)(=O)Nc1nnn(C)n1. The van der Waals surface area contributed by atoms with Crippen LogP contribution in [0.4, 0.5) is 5.95 Å². The average Bonchev–Trinajstić information content (AvgIpc) is 2.72. The van der Waals surface area contributed by atoms with E-state index in [1.54, 1.807) is 0 Å². The zero-order valence-electron chi connectivity index (χ0n) is 8.83. The van der Waals surface area contributed by atoms with E-state index in [1.807, 2.05) is 0 Å². The van der Waals surface area contributed by atoms with Crippen molar-refractivity contribution in [3.8, 4) is 0 Å². The van der Waals surface area contributed by atoms with E-state index in [2.05, 4.69) is 25.1 Å². The van der Waals surface area contributed by atoms with E-state index in [4.69, 9.17) is 0 Å². The lowest BCUT2D eigenvalue weighted by atomic mass is 10.6. The molecule has 2 heterocycles. The summed E-state index contributed by atoms with van der Waals surface area (Å²) in [6, 6.07) is 0. The number of aryl methyl sites for hydroxylation is 2. The Bertz CT molecular complexity index is 695. The second kappa shape index (κ2) is 3.92. The number of anilines is 1. The molecule has 0 aliphatic rings. The molecular weight excluding hydrogens is 268 g/mol. The van der Waals surface area contributed by atoms with E-state index in [0.717, 1.165) is 4.80 Å². The number of rotatable bonds is 3. The van der Waals surface area contributed by atoms with Crippen LogP contribution in [-0.2, 0) is 17.1 Å². The maximum atomic E-state index is 11.9. The molecule has 0 spiro atoms. The largest absolute Gasteiger partial charge is 0.315 e. The van der Waals surface area contributed by atoms with Crippen molar-refractivity contribution in [3.63, 3.8) is 0 Å². The zero-order chi connectivity index (χ0) is 12.6. The van der Waals surface area contributed by atoms with Crippen LogP contribution in [0.2, 0.25) is 0 Å². The monoisotopic (exact) mass is 276 g/mol. The fourth-order valence-corrected chi connectivity index (χ4v) is 3.37. The van der Waals surface area contributed by atoms with Crippen molar-refractivity contribution in [1.29, 1.82) is 0 Å². The van der Waals surface area contributed by atoms with Crippen LogP contribution in [0.15, 0.2) is 9.00 Å². The Balaban J connectivity index is 2.37. The summed E-state index contributed by atoms with van der Waals surface area (Å²) in [5.41, 5.74) is 0.274. The molecule has 2 rings (SSSR count). The number of aromatic nitrogens is 5. The highest BCUT2D eigenvalue weighted by Crippen LogP contribution is 2.17. The fraction of sp³-hybridized carbons (Fsp3) is 0.333. The maximum absolute atomic E-state index is 11.9. The normalized spacial score (nSPS) is 11.6. The molecule has 0 bridgehead atoms. The van der Waals surface area contributed by atoms with E-state index in [9.17, 15) is 13.2 Å². The number of aromatic amines is 1. The van der Waals surface area contributed by atoms with Crippen LogP contribution in [0.3, 0.4) is 0 Å². The summed E-state index contributed by atoms with van der Waals surface area (Å²) in [6.45, 7) is 1.50. The number of thiazole rings is 1. The van der Waals surface area contributed by atoms with E-state index < -0.39 is 14.9 Å². The highest BCUT2D eigenvalue weighted by molar-refractivity contribution is 7.94. The molecule has 0 aliphatic carbocycles. The quantitative estimate of drug-likeness (QED) is 0.746. The molecule has 2 aromatic rings. The Hall–Kier alpha value is -1.75. The minimum absolute atomic E-state index is 0.0880. The zero-order valence-corrected chi connectivity index (χ0v) is 10.5. The van der Waals surface area contributed by atoms with E-state index in [-0.39, 0.29) is 15.9 Å². The first-order valence-corrected chi connectivity index (χ1v) is 6.65. The molecular formula is C6H8N6O3S2. The predicted octanol–water partition coefficient (Wildman–Crippen LogP) is -0.931. The number of hydrogen-bond acceptors (Lipinski definition) is 7. The van der Waals surface area contributed by atoms with Crippen molar-refractivity contribution in [2.24, 2.45) is 7.05 Å². The number of tetrazole rings is 1.